The number of aromatic hydroxyl groups is 1. The smallest absolute Gasteiger partial charge is 0.352 e. The Labute approximate surface area is 309 Å². The van der Waals surface area contributed by atoms with Gasteiger partial charge >= 0.3 is 5.97 Å². The average Bonchev–Trinajstić information content (AvgIpc) is 3.43. The molecule has 6 rings (SSSR count). The number of aliphatic carboxylic acids is 1. The number of carbonyl (C=O) groups is 5. The van der Waals surface area contributed by atoms with Gasteiger partial charge in [0.15, 0.2) is 24.0 Å². The van der Waals surface area contributed by atoms with E-state index in [0.717, 1.165) is 22.6 Å². The average molecular weight is 774 g/mol. The van der Waals surface area contributed by atoms with Gasteiger partial charge in [0, 0.05) is 53.2 Å². The second-order valence-corrected chi connectivity index (χ2v) is 14.7. The fourth-order valence-electron chi connectivity index (χ4n) is 5.72. The first-order valence-electron chi connectivity index (χ1n) is 15.4. The van der Waals surface area contributed by atoms with Crippen molar-refractivity contribution in [3.8, 4) is 5.75 Å². The number of likely N-dealkylation sites (tertiary alicyclic amines) is 1. The first-order valence-corrected chi connectivity index (χ1v) is 18.2. The van der Waals surface area contributed by atoms with Crippen LogP contribution in [-0.4, -0.2) is 79.1 Å². The molecule has 0 bridgehead atoms. The van der Waals surface area contributed by atoms with E-state index in [0.29, 0.717) is 34.2 Å². The first kappa shape index (κ1) is 36.2. The molecular weight excluding hydrogens is 744 g/mol. The number of hydrogen-bond donors (Lipinski definition) is 4. The summed E-state index contributed by atoms with van der Waals surface area (Å²) in [4.78, 5) is 67.4. The predicted octanol–water partition coefficient (Wildman–Crippen LogP) is 3.95. The number of β-lactam (4-membered cyclic amide) rings is 1. The number of phenolic OH excluding ortho intramolecular Hbond substituents is 1. The van der Waals surface area contributed by atoms with E-state index in [9.17, 15) is 38.6 Å². The third-order valence-corrected chi connectivity index (χ3v) is 11.3. The molecule has 51 heavy (non-hydrogen) atoms. The Morgan fingerprint density at radius 2 is 1.82 bits per heavy atom. The third-order valence-electron chi connectivity index (χ3n) is 8.23. The van der Waals surface area contributed by atoms with Crippen LogP contribution in [0.3, 0.4) is 0 Å². The fourth-order valence-corrected chi connectivity index (χ4v) is 8.13. The Kier molecular flexibility index (Phi) is 10.9. The molecule has 3 aliphatic heterocycles. The number of carboxylic acid groups (broad SMARTS) is 1. The van der Waals surface area contributed by atoms with Gasteiger partial charge in [-0.2, -0.15) is 4.57 Å². The number of anilines is 1. The van der Waals surface area contributed by atoms with Gasteiger partial charge in [0.1, 0.15) is 17.1 Å². The Morgan fingerprint density at radius 1 is 1.06 bits per heavy atom. The number of hydrogen-bond acceptors (Lipinski definition) is 8. The highest BCUT2D eigenvalue weighted by atomic mass is 35.5. The van der Waals surface area contributed by atoms with Crippen molar-refractivity contribution < 1.29 is 43.1 Å². The summed E-state index contributed by atoms with van der Waals surface area (Å²) in [5.74, 6) is -4.01. The SMILES string of the molecule is O=C(C[n+]1ccc(CN2CCC(=CC3=C(C(=O)O)N4C(=O)C(NC(=O)CSc5ccc(Cl)c(Cl)c5)C4SC3)C2=O)cc1)Nc1ccc(O)c(F)c1. The highest BCUT2D eigenvalue weighted by molar-refractivity contribution is 8.00. The fraction of sp³-hybridized carbons (Fsp3) is 0.235. The summed E-state index contributed by atoms with van der Waals surface area (Å²) in [5, 5.41) is 24.8. The van der Waals surface area contributed by atoms with Gasteiger partial charge in [0.25, 0.3) is 11.8 Å². The molecule has 2 atom stereocenters. The minimum Gasteiger partial charge on any atom is -0.505 e. The quantitative estimate of drug-likeness (QED) is 0.0745. The second kappa shape index (κ2) is 15.4. The summed E-state index contributed by atoms with van der Waals surface area (Å²) in [7, 11) is 0. The zero-order chi connectivity index (χ0) is 36.4. The normalized spacial score (nSPS) is 19.2. The Morgan fingerprint density at radius 3 is 2.53 bits per heavy atom. The first-order chi connectivity index (χ1) is 24.4. The number of allylic oxidation sites excluding steroid dienone is 1. The molecule has 0 saturated carbocycles. The highest BCUT2D eigenvalue weighted by Gasteiger charge is 2.54. The van der Waals surface area contributed by atoms with E-state index in [1.165, 1.54) is 34.5 Å². The van der Waals surface area contributed by atoms with E-state index in [1.807, 2.05) is 0 Å². The molecule has 2 fully saturated rings. The molecule has 3 aliphatic rings. The van der Waals surface area contributed by atoms with Gasteiger partial charge in [-0.1, -0.05) is 23.2 Å². The monoisotopic (exact) mass is 772 g/mol. The van der Waals surface area contributed by atoms with Gasteiger partial charge in [0.2, 0.25) is 18.4 Å². The molecule has 1 aromatic heterocycles. The van der Waals surface area contributed by atoms with Crippen LogP contribution in [0.2, 0.25) is 10.0 Å². The summed E-state index contributed by atoms with van der Waals surface area (Å²) in [6, 6.07) is 11.2. The van der Waals surface area contributed by atoms with Gasteiger partial charge in [-0.05, 0) is 54.0 Å². The summed E-state index contributed by atoms with van der Waals surface area (Å²) in [5.41, 5.74) is 1.58. The van der Waals surface area contributed by atoms with Gasteiger partial charge in [0.05, 0.1) is 15.8 Å². The number of nitrogens with one attached hydrogen (secondary N) is 2. The number of carbonyl (C=O) groups excluding carboxylic acids is 4. The molecule has 4 amide bonds. The van der Waals surface area contributed by atoms with E-state index in [-0.39, 0.29) is 41.9 Å². The number of rotatable bonds is 11. The molecule has 17 heteroatoms. The van der Waals surface area contributed by atoms with Crippen molar-refractivity contribution in [3.05, 3.63) is 105 Å². The molecule has 12 nitrogen and oxygen atoms in total. The maximum absolute atomic E-state index is 13.6. The summed E-state index contributed by atoms with van der Waals surface area (Å²) >= 11 is 14.5. The van der Waals surface area contributed by atoms with Crippen LogP contribution >= 0.6 is 46.7 Å². The van der Waals surface area contributed by atoms with Crippen LogP contribution in [0.1, 0.15) is 12.0 Å². The number of nitrogens with zero attached hydrogens (tertiary/aromatic N) is 3. The van der Waals surface area contributed by atoms with Crippen molar-refractivity contribution in [2.24, 2.45) is 0 Å². The molecule has 0 aliphatic carbocycles. The topological polar surface area (TPSA) is 160 Å². The number of carboxylic acids is 1. The van der Waals surface area contributed by atoms with Gasteiger partial charge < -0.3 is 25.7 Å². The van der Waals surface area contributed by atoms with Crippen molar-refractivity contribution in [2.45, 2.75) is 35.8 Å². The van der Waals surface area contributed by atoms with E-state index in [1.54, 1.807) is 58.3 Å². The van der Waals surface area contributed by atoms with Crippen LogP contribution in [0.15, 0.2) is 88.7 Å². The number of thioether (sulfide) groups is 2. The van der Waals surface area contributed by atoms with E-state index >= 15 is 0 Å². The lowest BCUT2D eigenvalue weighted by molar-refractivity contribution is -0.684. The molecule has 0 radical (unpaired) electrons. The largest absolute Gasteiger partial charge is 0.505 e. The molecule has 0 spiro atoms. The maximum atomic E-state index is 13.6. The number of benzene rings is 2. The lowest BCUT2D eigenvalue weighted by atomic mass is 10.0. The van der Waals surface area contributed by atoms with Gasteiger partial charge in [-0.25, -0.2) is 9.18 Å². The van der Waals surface area contributed by atoms with Crippen molar-refractivity contribution in [1.82, 2.24) is 15.1 Å². The van der Waals surface area contributed by atoms with Crippen LogP contribution in [-0.2, 0) is 37.1 Å². The summed E-state index contributed by atoms with van der Waals surface area (Å²) < 4.78 is 15.2. The molecule has 2 unspecified atom stereocenters. The standard InChI is InChI=1S/C34H28Cl2FN5O7S2/c35-23-3-2-22(13-24(23)36)50-17-28(45)39-29-32(47)42-30(34(48)49)20(16-51-33(29)42)11-19-7-10-41(31(19)46)14-18-5-8-40(9-6-18)15-27(44)38-21-1-4-26(43)25(37)12-21/h1-6,8-9,11-13,29,33H,7,10,14-17H2,(H3-,38,39,43,44,45,48,49)/p+1. The number of fused-ring (bicyclic) bond motifs is 1. The number of phenols is 1. The molecule has 4 heterocycles. The van der Waals surface area contributed by atoms with Crippen LogP contribution in [0.5, 0.6) is 5.75 Å². The number of halogens is 3. The van der Waals surface area contributed by atoms with Crippen LogP contribution in [0.25, 0.3) is 0 Å². The maximum Gasteiger partial charge on any atom is 0.352 e. The van der Waals surface area contributed by atoms with Crippen molar-refractivity contribution in [2.75, 3.05) is 23.4 Å². The third kappa shape index (κ3) is 8.17. The highest BCUT2D eigenvalue weighted by Crippen LogP contribution is 2.41. The minimum absolute atomic E-state index is 0.0161. The zero-order valence-electron chi connectivity index (χ0n) is 26.5. The Hall–Kier alpha value is -4.57. The molecule has 4 N–H and O–H groups in total. The van der Waals surface area contributed by atoms with Gasteiger partial charge in [-0.15, -0.1) is 23.5 Å². The van der Waals surface area contributed by atoms with Crippen LogP contribution < -0.4 is 15.2 Å². The van der Waals surface area contributed by atoms with E-state index < -0.39 is 46.7 Å². The lowest BCUT2D eigenvalue weighted by Gasteiger charge is -2.49. The summed E-state index contributed by atoms with van der Waals surface area (Å²) in [6.07, 6.45) is 5.30. The molecule has 264 valence electrons. The number of amides is 4. The molecule has 2 aromatic carbocycles. The van der Waals surface area contributed by atoms with Crippen molar-refractivity contribution >= 4 is 82.0 Å². The van der Waals surface area contributed by atoms with Crippen molar-refractivity contribution in [1.29, 1.82) is 0 Å². The number of pyridine rings is 1. The predicted molar refractivity (Wildman–Crippen MR) is 188 cm³/mol. The second-order valence-electron chi connectivity index (χ2n) is 11.7. The van der Waals surface area contributed by atoms with Gasteiger partial charge in [-0.3, -0.25) is 24.1 Å². The Bertz CT molecular complexity index is 2010. The van der Waals surface area contributed by atoms with E-state index in [4.69, 9.17) is 23.2 Å². The van der Waals surface area contributed by atoms with Crippen LogP contribution in [0, 0.1) is 5.82 Å². The summed E-state index contributed by atoms with van der Waals surface area (Å²) in [6.45, 7) is 0.643. The zero-order valence-corrected chi connectivity index (χ0v) is 29.6. The van der Waals surface area contributed by atoms with Crippen LogP contribution in [0.4, 0.5) is 10.1 Å². The minimum atomic E-state index is -1.30. The lowest BCUT2D eigenvalue weighted by Crippen LogP contribution is -2.70. The van der Waals surface area contributed by atoms with E-state index in [2.05, 4.69) is 10.6 Å². The molecule has 3 aromatic rings. The molecule has 2 saturated heterocycles. The van der Waals surface area contributed by atoms with Crippen molar-refractivity contribution in [3.63, 3.8) is 0 Å². The molecular formula is C34H29Cl2FN5O7S2+. The number of aromatic nitrogens is 1. The Balaban J connectivity index is 1.04.